The number of hydrogen-bond donors (Lipinski definition) is 2. The third-order valence-electron chi connectivity index (χ3n) is 4.64. The van der Waals surface area contributed by atoms with E-state index >= 15 is 0 Å². The topological polar surface area (TPSA) is 58.2 Å². The Balaban J connectivity index is 1.52. The van der Waals surface area contributed by atoms with Crippen molar-refractivity contribution >= 4 is 17.5 Å². The van der Waals surface area contributed by atoms with Crippen LogP contribution in [-0.2, 0) is 12.8 Å². The van der Waals surface area contributed by atoms with Crippen LogP contribution in [0.1, 0.15) is 38.8 Å². The molecule has 0 saturated carbocycles. The first kappa shape index (κ1) is 20.3. The second kappa shape index (κ2) is 9.64. The molecular weight excluding hydrogens is 367 g/mol. The maximum Gasteiger partial charge on any atom is 0.255 e. The van der Waals surface area contributed by atoms with Crippen LogP contribution in [0, 0.1) is 5.82 Å². The summed E-state index contributed by atoms with van der Waals surface area (Å²) in [6.07, 6.45) is 1.56. The second-order valence-electron chi connectivity index (χ2n) is 6.71. The summed E-state index contributed by atoms with van der Waals surface area (Å²) in [6.45, 7) is 2.52. The fraction of sp³-hybridized carbons (Fsp3) is 0.167. The van der Waals surface area contributed by atoms with Gasteiger partial charge in [0, 0.05) is 23.4 Å². The van der Waals surface area contributed by atoms with Crippen LogP contribution in [0.3, 0.4) is 0 Å². The van der Waals surface area contributed by atoms with Crippen LogP contribution < -0.4 is 10.6 Å². The quantitative estimate of drug-likeness (QED) is 0.619. The summed E-state index contributed by atoms with van der Waals surface area (Å²) < 4.78 is 12.9. The molecule has 0 aliphatic carbocycles. The van der Waals surface area contributed by atoms with Crippen molar-refractivity contribution in [2.45, 2.75) is 19.8 Å². The normalized spacial score (nSPS) is 10.4. The third kappa shape index (κ3) is 5.75. The minimum Gasteiger partial charge on any atom is -0.352 e. The Kier molecular flexibility index (Phi) is 6.74. The Labute approximate surface area is 169 Å². The van der Waals surface area contributed by atoms with E-state index in [-0.39, 0.29) is 17.6 Å². The number of anilines is 1. The molecule has 3 aromatic rings. The molecular formula is C24H23FN2O2. The predicted octanol–water partition coefficient (Wildman–Crippen LogP) is 4.61. The van der Waals surface area contributed by atoms with E-state index in [0.29, 0.717) is 24.1 Å². The number of amides is 2. The van der Waals surface area contributed by atoms with E-state index in [1.54, 1.807) is 36.4 Å². The van der Waals surface area contributed by atoms with Gasteiger partial charge in [-0.3, -0.25) is 9.59 Å². The fourth-order valence-electron chi connectivity index (χ4n) is 2.87. The minimum absolute atomic E-state index is 0.214. The molecule has 2 amide bonds. The Morgan fingerprint density at radius 1 is 0.759 bits per heavy atom. The molecule has 5 heteroatoms. The molecule has 4 nitrogen and oxygen atoms in total. The van der Waals surface area contributed by atoms with Gasteiger partial charge < -0.3 is 10.6 Å². The average molecular weight is 390 g/mol. The molecule has 3 aromatic carbocycles. The third-order valence-corrected chi connectivity index (χ3v) is 4.64. The summed E-state index contributed by atoms with van der Waals surface area (Å²) in [5.74, 6) is -0.716. The van der Waals surface area contributed by atoms with Crippen molar-refractivity contribution in [1.29, 1.82) is 0 Å². The average Bonchev–Trinajstić information content (AvgIpc) is 2.75. The van der Waals surface area contributed by atoms with E-state index in [1.807, 2.05) is 24.3 Å². The zero-order valence-electron chi connectivity index (χ0n) is 16.2. The van der Waals surface area contributed by atoms with E-state index in [1.165, 1.54) is 17.7 Å². The summed E-state index contributed by atoms with van der Waals surface area (Å²) in [6, 6.07) is 20.4. The van der Waals surface area contributed by atoms with Crippen LogP contribution in [0.4, 0.5) is 10.1 Å². The number of carbonyl (C=O) groups excluding carboxylic acids is 2. The zero-order chi connectivity index (χ0) is 20.6. The molecule has 0 bridgehead atoms. The van der Waals surface area contributed by atoms with Gasteiger partial charge in [-0.25, -0.2) is 4.39 Å². The largest absolute Gasteiger partial charge is 0.352 e. The molecule has 0 atom stereocenters. The second-order valence-corrected chi connectivity index (χ2v) is 6.71. The highest BCUT2D eigenvalue weighted by molar-refractivity contribution is 6.05. The highest BCUT2D eigenvalue weighted by Gasteiger charge is 2.09. The lowest BCUT2D eigenvalue weighted by Crippen LogP contribution is -2.25. The van der Waals surface area contributed by atoms with Crippen LogP contribution in [0.25, 0.3) is 0 Å². The van der Waals surface area contributed by atoms with Crippen molar-refractivity contribution in [2.75, 3.05) is 11.9 Å². The monoisotopic (exact) mass is 390 g/mol. The summed E-state index contributed by atoms with van der Waals surface area (Å²) in [5, 5.41) is 5.68. The minimum atomic E-state index is -0.278. The van der Waals surface area contributed by atoms with Gasteiger partial charge in [-0.2, -0.15) is 0 Å². The van der Waals surface area contributed by atoms with E-state index in [2.05, 4.69) is 17.6 Å². The Hall–Kier alpha value is -3.47. The molecule has 0 spiro atoms. The lowest BCUT2D eigenvalue weighted by atomic mass is 10.1. The number of aryl methyl sites for hydroxylation is 1. The van der Waals surface area contributed by atoms with E-state index in [4.69, 9.17) is 0 Å². The molecule has 2 N–H and O–H groups in total. The number of hydrogen-bond acceptors (Lipinski definition) is 2. The van der Waals surface area contributed by atoms with Crippen LogP contribution >= 0.6 is 0 Å². The molecule has 0 aliphatic rings. The van der Waals surface area contributed by atoms with Crippen molar-refractivity contribution in [3.05, 3.63) is 101 Å². The summed E-state index contributed by atoms with van der Waals surface area (Å²) >= 11 is 0. The molecule has 0 fully saturated rings. The lowest BCUT2D eigenvalue weighted by molar-refractivity contribution is 0.0952. The van der Waals surface area contributed by atoms with Gasteiger partial charge in [0.25, 0.3) is 11.8 Å². The molecule has 0 radical (unpaired) electrons. The molecule has 0 heterocycles. The van der Waals surface area contributed by atoms with Gasteiger partial charge in [0.1, 0.15) is 5.82 Å². The zero-order valence-corrected chi connectivity index (χ0v) is 16.2. The Morgan fingerprint density at radius 3 is 1.90 bits per heavy atom. The van der Waals surface area contributed by atoms with Crippen molar-refractivity contribution in [1.82, 2.24) is 5.32 Å². The maximum absolute atomic E-state index is 12.9. The molecule has 0 saturated heterocycles. The van der Waals surface area contributed by atoms with Gasteiger partial charge in [0.15, 0.2) is 0 Å². The SMILES string of the molecule is CCc1ccc(NC(=O)c2ccc(C(=O)NCCc3ccc(F)cc3)cc2)cc1. The standard InChI is InChI=1S/C24H23FN2O2/c1-2-17-5-13-22(14-6-17)27-24(29)20-9-7-19(8-10-20)23(28)26-16-15-18-3-11-21(25)12-4-18/h3-14H,2,15-16H2,1H3,(H,26,28)(H,27,29). The molecule has 0 aromatic heterocycles. The summed E-state index contributed by atoms with van der Waals surface area (Å²) in [7, 11) is 0. The first-order chi connectivity index (χ1) is 14.0. The van der Waals surface area contributed by atoms with Crippen LogP contribution in [0.5, 0.6) is 0 Å². The lowest BCUT2D eigenvalue weighted by Gasteiger charge is -2.08. The van der Waals surface area contributed by atoms with E-state index in [9.17, 15) is 14.0 Å². The van der Waals surface area contributed by atoms with Crippen molar-refractivity contribution in [2.24, 2.45) is 0 Å². The molecule has 0 unspecified atom stereocenters. The van der Waals surface area contributed by atoms with Gasteiger partial charge in [0.2, 0.25) is 0 Å². The number of benzene rings is 3. The Morgan fingerprint density at radius 2 is 1.31 bits per heavy atom. The first-order valence-corrected chi connectivity index (χ1v) is 9.58. The maximum atomic E-state index is 12.9. The van der Waals surface area contributed by atoms with Gasteiger partial charge in [-0.05, 0) is 72.5 Å². The number of rotatable bonds is 7. The fourth-order valence-corrected chi connectivity index (χ4v) is 2.87. The summed E-state index contributed by atoms with van der Waals surface area (Å²) in [5.41, 5.74) is 3.85. The predicted molar refractivity (Wildman–Crippen MR) is 113 cm³/mol. The van der Waals surface area contributed by atoms with E-state index in [0.717, 1.165) is 17.7 Å². The molecule has 3 rings (SSSR count). The Bertz CT molecular complexity index is 965. The van der Waals surface area contributed by atoms with Crippen LogP contribution in [-0.4, -0.2) is 18.4 Å². The van der Waals surface area contributed by atoms with Gasteiger partial charge in [0.05, 0.1) is 0 Å². The highest BCUT2D eigenvalue weighted by atomic mass is 19.1. The van der Waals surface area contributed by atoms with Gasteiger partial charge >= 0.3 is 0 Å². The van der Waals surface area contributed by atoms with Crippen molar-refractivity contribution in [3.63, 3.8) is 0 Å². The highest BCUT2D eigenvalue weighted by Crippen LogP contribution is 2.12. The first-order valence-electron chi connectivity index (χ1n) is 9.58. The van der Waals surface area contributed by atoms with Gasteiger partial charge in [-0.15, -0.1) is 0 Å². The number of nitrogens with one attached hydrogen (secondary N) is 2. The molecule has 148 valence electrons. The number of halogens is 1. The van der Waals surface area contributed by atoms with Crippen LogP contribution in [0.15, 0.2) is 72.8 Å². The summed E-state index contributed by atoms with van der Waals surface area (Å²) in [4.78, 5) is 24.6. The van der Waals surface area contributed by atoms with Gasteiger partial charge in [-0.1, -0.05) is 31.2 Å². The van der Waals surface area contributed by atoms with Crippen molar-refractivity contribution < 1.29 is 14.0 Å². The van der Waals surface area contributed by atoms with Crippen molar-refractivity contribution in [3.8, 4) is 0 Å². The molecule has 29 heavy (non-hydrogen) atoms. The van der Waals surface area contributed by atoms with Crippen LogP contribution in [0.2, 0.25) is 0 Å². The smallest absolute Gasteiger partial charge is 0.255 e. The molecule has 0 aliphatic heterocycles. The van der Waals surface area contributed by atoms with E-state index < -0.39 is 0 Å². The number of carbonyl (C=O) groups is 2.